The summed E-state index contributed by atoms with van der Waals surface area (Å²) in [6, 6.07) is 9.29. The highest BCUT2D eigenvalue weighted by Crippen LogP contribution is 2.35. The summed E-state index contributed by atoms with van der Waals surface area (Å²) in [6.45, 7) is 0. The van der Waals surface area contributed by atoms with E-state index in [9.17, 15) is 21.6 Å². The smallest absolute Gasteiger partial charge is 0.376 e. The fourth-order valence-corrected chi connectivity index (χ4v) is 2.53. The third-order valence-electron chi connectivity index (χ3n) is 2.99. The molecule has 4 nitrogen and oxygen atoms in total. The maximum atomic E-state index is 12.3. The second kappa shape index (κ2) is 4.39. The minimum Gasteiger partial charge on any atom is -0.376 e. The summed E-state index contributed by atoms with van der Waals surface area (Å²) >= 11 is 0. The summed E-state index contributed by atoms with van der Waals surface area (Å²) in [5, 5.41) is 1.38. The molecule has 0 unspecified atom stereocenters. The van der Waals surface area contributed by atoms with Gasteiger partial charge in [0.15, 0.2) is 0 Å². The first-order valence-electron chi connectivity index (χ1n) is 5.78. The van der Waals surface area contributed by atoms with E-state index in [0.717, 1.165) is 16.6 Å². The Morgan fingerprint density at radius 1 is 1.10 bits per heavy atom. The molecule has 1 aromatic rings. The van der Waals surface area contributed by atoms with Gasteiger partial charge in [-0.05, 0) is 35.0 Å². The van der Waals surface area contributed by atoms with Crippen molar-refractivity contribution >= 4 is 20.9 Å². The van der Waals surface area contributed by atoms with Crippen LogP contribution in [0.2, 0.25) is 0 Å². The van der Waals surface area contributed by atoms with Gasteiger partial charge in [0.05, 0.1) is 0 Å². The number of H-pyrrole nitrogens is 1. The fraction of sp³-hybridized carbons (Fsp3) is 0.0769. The van der Waals surface area contributed by atoms with Crippen LogP contribution in [0.1, 0.15) is 0 Å². The molecule has 0 fully saturated rings. The number of pyridine rings is 1. The number of hydrogen-bond acceptors (Lipinski definition) is 3. The van der Waals surface area contributed by atoms with Gasteiger partial charge in [-0.15, -0.1) is 0 Å². The number of aromatic nitrogens is 1. The van der Waals surface area contributed by atoms with Crippen LogP contribution in [0.15, 0.2) is 42.6 Å². The summed E-state index contributed by atoms with van der Waals surface area (Å²) in [6.07, 6.45) is 1.72. The van der Waals surface area contributed by atoms with Crippen LogP contribution in [0, 0.1) is 0 Å². The summed E-state index contributed by atoms with van der Waals surface area (Å²) in [5.74, 6) is -0.379. The first-order chi connectivity index (χ1) is 9.78. The van der Waals surface area contributed by atoms with Gasteiger partial charge in [-0.1, -0.05) is 12.1 Å². The van der Waals surface area contributed by atoms with Crippen molar-refractivity contribution in [3.63, 3.8) is 0 Å². The lowest BCUT2D eigenvalue weighted by molar-refractivity contribution is -0.0500. The van der Waals surface area contributed by atoms with E-state index in [1.54, 1.807) is 18.3 Å². The molecule has 0 atom stereocenters. The van der Waals surface area contributed by atoms with E-state index in [1.807, 2.05) is 6.07 Å². The van der Waals surface area contributed by atoms with Gasteiger partial charge in [0.25, 0.3) is 0 Å². The van der Waals surface area contributed by atoms with Gasteiger partial charge in [0.2, 0.25) is 0 Å². The van der Waals surface area contributed by atoms with E-state index in [1.165, 1.54) is 18.2 Å². The van der Waals surface area contributed by atoms with Crippen molar-refractivity contribution in [1.82, 2.24) is 4.98 Å². The van der Waals surface area contributed by atoms with Crippen molar-refractivity contribution in [2.75, 3.05) is 0 Å². The lowest BCUT2D eigenvalue weighted by atomic mass is 10.1. The Labute approximate surface area is 117 Å². The SMILES string of the molecule is O=S(=O)(Oc1ccc2cc3[nH]cccc-3c2c1)C(F)(F)F. The average Bonchev–Trinajstić information content (AvgIpc) is 2.75. The van der Waals surface area contributed by atoms with E-state index in [0.29, 0.717) is 5.39 Å². The quantitative estimate of drug-likeness (QED) is 0.581. The highest BCUT2D eigenvalue weighted by Gasteiger charge is 2.48. The number of benzene rings is 1. The summed E-state index contributed by atoms with van der Waals surface area (Å²) in [4.78, 5) is 2.99. The summed E-state index contributed by atoms with van der Waals surface area (Å²) in [7, 11) is -5.66. The van der Waals surface area contributed by atoms with E-state index in [4.69, 9.17) is 0 Å². The highest BCUT2D eigenvalue weighted by molar-refractivity contribution is 7.88. The van der Waals surface area contributed by atoms with Crippen molar-refractivity contribution in [2.45, 2.75) is 5.51 Å². The Morgan fingerprint density at radius 2 is 1.86 bits per heavy atom. The van der Waals surface area contributed by atoms with Crippen LogP contribution in [0.25, 0.3) is 22.0 Å². The molecule has 0 saturated carbocycles. The van der Waals surface area contributed by atoms with Crippen molar-refractivity contribution in [2.24, 2.45) is 0 Å². The van der Waals surface area contributed by atoms with E-state index < -0.39 is 15.6 Å². The minimum atomic E-state index is -5.66. The predicted octanol–water partition coefficient (Wildman–Crippen LogP) is 3.50. The van der Waals surface area contributed by atoms with Crippen molar-refractivity contribution in [1.29, 1.82) is 0 Å². The minimum absolute atomic E-state index is 0.379. The zero-order valence-corrected chi connectivity index (χ0v) is 11.1. The predicted molar refractivity (Wildman–Crippen MR) is 70.5 cm³/mol. The van der Waals surface area contributed by atoms with E-state index >= 15 is 0 Å². The van der Waals surface area contributed by atoms with Gasteiger partial charge in [-0.25, -0.2) is 0 Å². The molecule has 1 N–H and O–H groups in total. The van der Waals surface area contributed by atoms with Crippen molar-refractivity contribution < 1.29 is 25.8 Å². The second-order valence-electron chi connectivity index (χ2n) is 4.37. The lowest BCUT2D eigenvalue weighted by Gasteiger charge is -2.09. The Hall–Kier alpha value is -2.22. The van der Waals surface area contributed by atoms with Crippen LogP contribution < -0.4 is 4.18 Å². The Balaban J connectivity index is 2.08. The average molecular weight is 315 g/mol. The van der Waals surface area contributed by atoms with Gasteiger partial charge >= 0.3 is 15.6 Å². The van der Waals surface area contributed by atoms with Gasteiger partial charge < -0.3 is 9.17 Å². The third-order valence-corrected chi connectivity index (χ3v) is 3.97. The number of fused-ring (bicyclic) bond motifs is 3. The number of rotatable bonds is 2. The first-order valence-corrected chi connectivity index (χ1v) is 7.19. The number of nitrogens with one attached hydrogen (secondary N) is 1. The molecule has 1 aliphatic carbocycles. The fourth-order valence-electron chi connectivity index (χ4n) is 2.08. The van der Waals surface area contributed by atoms with Crippen molar-refractivity contribution in [3.05, 3.63) is 42.6 Å². The Bertz CT molecular complexity index is 883. The highest BCUT2D eigenvalue weighted by atomic mass is 32.2. The van der Waals surface area contributed by atoms with Crippen LogP contribution in [0.4, 0.5) is 13.2 Å². The van der Waals surface area contributed by atoms with Gasteiger partial charge in [0, 0.05) is 17.5 Å². The van der Waals surface area contributed by atoms with Crippen LogP contribution in [-0.2, 0) is 10.1 Å². The van der Waals surface area contributed by atoms with Crippen LogP contribution >= 0.6 is 0 Å². The number of aromatic amines is 1. The summed E-state index contributed by atoms with van der Waals surface area (Å²) < 4.78 is 63.1. The van der Waals surface area contributed by atoms with Gasteiger partial charge in [-0.2, -0.15) is 21.6 Å². The maximum absolute atomic E-state index is 12.3. The molecular formula is C13H8F3NO3S. The third kappa shape index (κ3) is 2.31. The van der Waals surface area contributed by atoms with Crippen LogP contribution in [-0.4, -0.2) is 18.9 Å². The molecule has 2 aliphatic rings. The second-order valence-corrected chi connectivity index (χ2v) is 5.91. The normalized spacial score (nSPS) is 12.9. The summed E-state index contributed by atoms with van der Waals surface area (Å²) in [5.41, 5.74) is -3.89. The molecule has 8 heteroatoms. The molecule has 1 aliphatic heterocycles. The number of alkyl halides is 3. The Kier molecular flexibility index (Phi) is 2.87. The molecule has 0 aromatic heterocycles. The zero-order valence-electron chi connectivity index (χ0n) is 10.3. The molecule has 3 rings (SSSR count). The Morgan fingerprint density at radius 3 is 2.57 bits per heavy atom. The topological polar surface area (TPSA) is 59.2 Å². The molecule has 0 radical (unpaired) electrons. The van der Waals surface area contributed by atoms with Gasteiger partial charge in [0.1, 0.15) is 5.75 Å². The van der Waals surface area contributed by atoms with Crippen LogP contribution in [0.5, 0.6) is 5.75 Å². The maximum Gasteiger partial charge on any atom is 0.534 e. The molecule has 1 aromatic carbocycles. The lowest BCUT2D eigenvalue weighted by Crippen LogP contribution is -2.28. The van der Waals surface area contributed by atoms with E-state index in [2.05, 4.69) is 9.17 Å². The number of halogens is 3. The zero-order chi connectivity index (χ0) is 15.3. The molecule has 110 valence electrons. The molecule has 0 spiro atoms. The molecule has 0 saturated heterocycles. The molecular weight excluding hydrogens is 307 g/mol. The first kappa shape index (κ1) is 13.7. The van der Waals surface area contributed by atoms with Gasteiger partial charge in [-0.3, -0.25) is 0 Å². The standard InChI is InChI=1S/C13H8F3NO3S/c14-13(15,16)21(18,19)20-9-4-3-8-6-12-10(11(8)7-9)2-1-5-17-12/h1-7,17H. The van der Waals surface area contributed by atoms with Crippen molar-refractivity contribution in [3.8, 4) is 17.0 Å². The van der Waals surface area contributed by atoms with E-state index in [-0.39, 0.29) is 5.75 Å². The largest absolute Gasteiger partial charge is 0.534 e. The van der Waals surface area contributed by atoms with Crippen LogP contribution in [0.3, 0.4) is 0 Å². The molecule has 21 heavy (non-hydrogen) atoms. The number of hydrogen-bond donors (Lipinski definition) is 1. The monoisotopic (exact) mass is 315 g/mol. The molecule has 1 heterocycles. The molecule has 0 bridgehead atoms. The molecule has 0 amide bonds.